The van der Waals surface area contributed by atoms with Crippen molar-refractivity contribution >= 4 is 23.2 Å². The Morgan fingerprint density at radius 2 is 2.00 bits per heavy atom. The van der Waals surface area contributed by atoms with E-state index in [0.29, 0.717) is 10.6 Å². The summed E-state index contributed by atoms with van der Waals surface area (Å²) in [6.45, 7) is -0.274. The van der Waals surface area contributed by atoms with E-state index in [1.807, 2.05) is 0 Å². The van der Waals surface area contributed by atoms with Gasteiger partial charge in [-0.05, 0) is 12.1 Å². The number of hydrogen-bond donors (Lipinski definition) is 3. The van der Waals surface area contributed by atoms with E-state index in [2.05, 4.69) is 0 Å². The number of phenols is 1. The maximum absolute atomic E-state index is 9.44. The second-order valence-corrected chi connectivity index (χ2v) is 3.46. The fourth-order valence-corrected chi connectivity index (χ4v) is 1.48. The van der Waals surface area contributed by atoms with E-state index in [1.165, 1.54) is 12.1 Å². The second kappa shape index (κ2) is 4.15. The molecule has 1 atom stereocenters. The molecule has 13 heavy (non-hydrogen) atoms. The fourth-order valence-electron chi connectivity index (χ4n) is 0.967. The van der Waals surface area contributed by atoms with Gasteiger partial charge in [0.2, 0.25) is 0 Å². The lowest BCUT2D eigenvalue weighted by Crippen LogP contribution is -2.14. The lowest BCUT2D eigenvalue weighted by Gasteiger charge is -2.11. The van der Waals surface area contributed by atoms with E-state index in [9.17, 15) is 5.11 Å². The zero-order valence-electron chi connectivity index (χ0n) is 6.67. The van der Waals surface area contributed by atoms with E-state index in [0.717, 1.165) is 0 Å². The van der Waals surface area contributed by atoms with Crippen LogP contribution in [0.5, 0.6) is 5.75 Å². The average molecular weight is 222 g/mol. The lowest BCUT2D eigenvalue weighted by molar-refractivity contribution is 0.265. The second-order valence-electron chi connectivity index (χ2n) is 2.61. The monoisotopic (exact) mass is 221 g/mol. The topological polar surface area (TPSA) is 66.5 Å². The Morgan fingerprint density at radius 3 is 2.54 bits per heavy atom. The molecule has 0 aromatic heterocycles. The van der Waals surface area contributed by atoms with Gasteiger partial charge in [-0.1, -0.05) is 23.2 Å². The molecule has 3 nitrogen and oxygen atoms in total. The third-order valence-corrected chi connectivity index (χ3v) is 2.16. The van der Waals surface area contributed by atoms with Crippen LogP contribution in [0.3, 0.4) is 0 Å². The number of phenolic OH excluding ortho intramolecular Hbond substituents is 1. The molecule has 0 saturated carbocycles. The summed E-state index contributed by atoms with van der Waals surface area (Å²) >= 11 is 11.3. The van der Waals surface area contributed by atoms with Crippen molar-refractivity contribution in [1.29, 1.82) is 0 Å². The molecule has 0 fully saturated rings. The van der Waals surface area contributed by atoms with Crippen molar-refractivity contribution in [2.45, 2.75) is 6.04 Å². The SMILES string of the molecule is N[C@H](CO)c1cc(Cl)cc(Cl)c1O. The molecular weight excluding hydrogens is 213 g/mol. The molecule has 0 heterocycles. The van der Waals surface area contributed by atoms with Crippen molar-refractivity contribution in [2.24, 2.45) is 5.73 Å². The Hall–Kier alpha value is -0.480. The minimum absolute atomic E-state index is 0.131. The van der Waals surface area contributed by atoms with Crippen LogP contribution in [-0.4, -0.2) is 16.8 Å². The third kappa shape index (κ3) is 2.25. The molecule has 1 aromatic rings. The molecule has 0 amide bonds. The van der Waals surface area contributed by atoms with E-state index in [1.54, 1.807) is 0 Å². The van der Waals surface area contributed by atoms with Crippen LogP contribution in [0.1, 0.15) is 11.6 Å². The third-order valence-electron chi connectivity index (χ3n) is 1.65. The number of hydrogen-bond acceptors (Lipinski definition) is 3. The summed E-state index contributed by atoms with van der Waals surface area (Å²) in [5, 5.41) is 18.7. The van der Waals surface area contributed by atoms with E-state index >= 15 is 0 Å². The normalized spacial score (nSPS) is 12.9. The molecule has 0 aliphatic carbocycles. The van der Waals surface area contributed by atoms with Crippen molar-refractivity contribution < 1.29 is 10.2 Å². The molecule has 5 heteroatoms. The van der Waals surface area contributed by atoms with Crippen LogP contribution >= 0.6 is 23.2 Å². The van der Waals surface area contributed by atoms with Gasteiger partial charge in [0.25, 0.3) is 0 Å². The first kappa shape index (κ1) is 10.6. The Labute approximate surface area is 85.7 Å². The summed E-state index contributed by atoms with van der Waals surface area (Å²) in [5.41, 5.74) is 5.85. The van der Waals surface area contributed by atoms with Gasteiger partial charge in [-0.3, -0.25) is 0 Å². The van der Waals surface area contributed by atoms with Gasteiger partial charge in [0.15, 0.2) is 0 Å². The smallest absolute Gasteiger partial charge is 0.139 e. The van der Waals surface area contributed by atoms with Gasteiger partial charge in [-0.25, -0.2) is 0 Å². The number of aliphatic hydroxyl groups is 1. The molecule has 1 rings (SSSR count). The van der Waals surface area contributed by atoms with Crippen molar-refractivity contribution in [1.82, 2.24) is 0 Å². The Balaban J connectivity index is 3.20. The average Bonchev–Trinajstić information content (AvgIpc) is 2.10. The number of halogens is 2. The van der Waals surface area contributed by atoms with Crippen molar-refractivity contribution in [3.63, 3.8) is 0 Å². The van der Waals surface area contributed by atoms with Crippen LogP contribution in [0.2, 0.25) is 10.0 Å². The first-order valence-corrected chi connectivity index (χ1v) is 4.36. The van der Waals surface area contributed by atoms with Crippen LogP contribution in [0.15, 0.2) is 12.1 Å². The molecule has 0 aliphatic heterocycles. The number of nitrogens with two attached hydrogens (primary N) is 1. The quantitative estimate of drug-likeness (QED) is 0.713. The predicted octanol–water partition coefficient (Wildman–Crippen LogP) is 1.69. The van der Waals surface area contributed by atoms with E-state index in [4.69, 9.17) is 34.0 Å². The summed E-state index contributed by atoms with van der Waals surface area (Å²) in [7, 11) is 0. The summed E-state index contributed by atoms with van der Waals surface area (Å²) < 4.78 is 0. The molecule has 0 aliphatic rings. The first-order chi connectivity index (χ1) is 6.06. The standard InChI is InChI=1S/C8H9Cl2NO2/c9-4-1-5(7(11)3-12)8(13)6(10)2-4/h1-2,7,12-13H,3,11H2/t7-/m1/s1. The summed E-state index contributed by atoms with van der Waals surface area (Å²) in [5.74, 6) is -0.132. The van der Waals surface area contributed by atoms with Crippen LogP contribution in [0.4, 0.5) is 0 Å². The molecule has 4 N–H and O–H groups in total. The number of aromatic hydroxyl groups is 1. The van der Waals surface area contributed by atoms with Crippen LogP contribution in [0.25, 0.3) is 0 Å². The van der Waals surface area contributed by atoms with Gasteiger partial charge in [-0.15, -0.1) is 0 Å². The Morgan fingerprint density at radius 1 is 1.38 bits per heavy atom. The molecule has 0 unspecified atom stereocenters. The number of benzene rings is 1. The first-order valence-electron chi connectivity index (χ1n) is 3.60. The highest BCUT2D eigenvalue weighted by molar-refractivity contribution is 6.35. The maximum atomic E-state index is 9.44. The van der Waals surface area contributed by atoms with Crippen molar-refractivity contribution in [3.8, 4) is 5.75 Å². The lowest BCUT2D eigenvalue weighted by atomic mass is 10.1. The minimum Gasteiger partial charge on any atom is -0.506 e. The van der Waals surface area contributed by atoms with E-state index in [-0.39, 0.29) is 17.4 Å². The number of rotatable bonds is 2. The van der Waals surface area contributed by atoms with Gasteiger partial charge in [-0.2, -0.15) is 0 Å². The zero-order chi connectivity index (χ0) is 10.0. The highest BCUT2D eigenvalue weighted by atomic mass is 35.5. The number of aliphatic hydroxyl groups excluding tert-OH is 1. The fraction of sp³-hybridized carbons (Fsp3) is 0.250. The van der Waals surface area contributed by atoms with Crippen molar-refractivity contribution in [2.75, 3.05) is 6.61 Å². The predicted molar refractivity (Wildman–Crippen MR) is 52.1 cm³/mol. The van der Waals surface area contributed by atoms with Crippen molar-refractivity contribution in [3.05, 3.63) is 27.7 Å². The molecule has 0 spiro atoms. The molecular formula is C8H9Cl2NO2. The highest BCUT2D eigenvalue weighted by Crippen LogP contribution is 2.33. The molecule has 0 bridgehead atoms. The van der Waals surface area contributed by atoms with Crippen LogP contribution < -0.4 is 5.73 Å². The summed E-state index contributed by atoms with van der Waals surface area (Å²) in [6, 6.07) is 2.21. The Kier molecular flexibility index (Phi) is 3.39. The van der Waals surface area contributed by atoms with Gasteiger partial charge in [0.1, 0.15) is 5.75 Å². The molecule has 1 aromatic carbocycles. The zero-order valence-corrected chi connectivity index (χ0v) is 8.18. The largest absolute Gasteiger partial charge is 0.506 e. The van der Waals surface area contributed by atoms with E-state index < -0.39 is 6.04 Å². The van der Waals surface area contributed by atoms with Gasteiger partial charge in [0, 0.05) is 10.6 Å². The van der Waals surface area contributed by atoms with Gasteiger partial charge in [0.05, 0.1) is 17.7 Å². The van der Waals surface area contributed by atoms with Gasteiger partial charge >= 0.3 is 0 Å². The Bertz CT molecular complexity index is 317. The maximum Gasteiger partial charge on any atom is 0.139 e. The van der Waals surface area contributed by atoms with Crippen LogP contribution in [-0.2, 0) is 0 Å². The molecule has 72 valence electrons. The highest BCUT2D eigenvalue weighted by Gasteiger charge is 2.13. The molecule has 0 radical (unpaired) electrons. The summed E-state index contributed by atoms with van der Waals surface area (Å²) in [4.78, 5) is 0. The molecule has 0 saturated heterocycles. The minimum atomic E-state index is -0.670. The summed E-state index contributed by atoms with van der Waals surface area (Å²) in [6.07, 6.45) is 0. The van der Waals surface area contributed by atoms with Crippen LogP contribution in [0, 0.1) is 0 Å². The van der Waals surface area contributed by atoms with Gasteiger partial charge < -0.3 is 15.9 Å².